The van der Waals surface area contributed by atoms with E-state index in [1.54, 1.807) is 0 Å². The Morgan fingerprint density at radius 1 is 1.56 bits per heavy atom. The fourth-order valence-electron chi connectivity index (χ4n) is 2.49. The van der Waals surface area contributed by atoms with Gasteiger partial charge in [-0.15, -0.1) is 0 Å². The van der Waals surface area contributed by atoms with E-state index < -0.39 is 0 Å². The summed E-state index contributed by atoms with van der Waals surface area (Å²) in [6.45, 7) is 5.54. The Morgan fingerprint density at radius 3 is 3.19 bits per heavy atom. The SMILES string of the molecule is CC1NCCN(CCCC2CCCO2)C1=O. The fraction of sp³-hybridized carbons (Fsp3) is 0.917. The van der Waals surface area contributed by atoms with Gasteiger partial charge in [0.15, 0.2) is 0 Å². The molecule has 0 spiro atoms. The summed E-state index contributed by atoms with van der Waals surface area (Å²) in [6, 6.07) is -0.00326. The van der Waals surface area contributed by atoms with Crippen LogP contribution in [0.1, 0.15) is 32.6 Å². The Morgan fingerprint density at radius 2 is 2.44 bits per heavy atom. The standard InChI is InChI=1S/C12H22N2O2/c1-10-12(15)14(8-6-13-10)7-2-4-11-5-3-9-16-11/h10-11,13H,2-9H2,1H3. The Kier molecular flexibility index (Phi) is 4.18. The minimum Gasteiger partial charge on any atom is -0.378 e. The molecule has 1 N–H and O–H groups in total. The first kappa shape index (κ1) is 11.9. The molecular weight excluding hydrogens is 204 g/mol. The van der Waals surface area contributed by atoms with Crippen molar-refractivity contribution in [1.82, 2.24) is 10.2 Å². The van der Waals surface area contributed by atoms with Gasteiger partial charge in [0.2, 0.25) is 5.91 Å². The van der Waals surface area contributed by atoms with Gasteiger partial charge in [-0.25, -0.2) is 0 Å². The van der Waals surface area contributed by atoms with Crippen LogP contribution in [0, 0.1) is 0 Å². The third-order valence-electron chi connectivity index (χ3n) is 3.49. The largest absolute Gasteiger partial charge is 0.378 e. The highest BCUT2D eigenvalue weighted by molar-refractivity contribution is 5.82. The van der Waals surface area contributed by atoms with Gasteiger partial charge in [-0.3, -0.25) is 4.79 Å². The maximum Gasteiger partial charge on any atom is 0.239 e. The minimum atomic E-state index is -0.00326. The molecule has 0 aromatic heterocycles. The van der Waals surface area contributed by atoms with Crippen LogP contribution in [0.4, 0.5) is 0 Å². The number of hydrogen-bond donors (Lipinski definition) is 1. The first-order valence-corrected chi connectivity index (χ1v) is 6.41. The van der Waals surface area contributed by atoms with Crippen LogP contribution in [0.2, 0.25) is 0 Å². The average Bonchev–Trinajstić information content (AvgIpc) is 2.77. The number of ether oxygens (including phenoxy) is 1. The van der Waals surface area contributed by atoms with E-state index in [-0.39, 0.29) is 11.9 Å². The van der Waals surface area contributed by atoms with Crippen molar-refractivity contribution in [2.75, 3.05) is 26.2 Å². The van der Waals surface area contributed by atoms with Crippen molar-refractivity contribution in [3.8, 4) is 0 Å². The van der Waals surface area contributed by atoms with Crippen LogP contribution in [0.3, 0.4) is 0 Å². The van der Waals surface area contributed by atoms with E-state index in [9.17, 15) is 4.79 Å². The first-order valence-electron chi connectivity index (χ1n) is 6.41. The predicted molar refractivity (Wildman–Crippen MR) is 62.3 cm³/mol. The van der Waals surface area contributed by atoms with Gasteiger partial charge in [0.25, 0.3) is 0 Å². The summed E-state index contributed by atoms with van der Waals surface area (Å²) in [7, 11) is 0. The maximum atomic E-state index is 11.8. The second kappa shape index (κ2) is 5.64. The van der Waals surface area contributed by atoms with E-state index in [0.29, 0.717) is 6.10 Å². The lowest BCUT2D eigenvalue weighted by Gasteiger charge is -2.31. The number of hydrogen-bond acceptors (Lipinski definition) is 3. The first-order chi connectivity index (χ1) is 7.77. The summed E-state index contributed by atoms with van der Waals surface area (Å²) in [5.41, 5.74) is 0. The van der Waals surface area contributed by atoms with Crippen LogP contribution in [0.15, 0.2) is 0 Å². The van der Waals surface area contributed by atoms with E-state index in [4.69, 9.17) is 4.74 Å². The Hall–Kier alpha value is -0.610. The van der Waals surface area contributed by atoms with Crippen molar-refractivity contribution in [2.24, 2.45) is 0 Å². The lowest BCUT2D eigenvalue weighted by Crippen LogP contribution is -2.53. The molecule has 4 heteroatoms. The molecule has 0 saturated carbocycles. The van der Waals surface area contributed by atoms with Crippen LogP contribution in [0.5, 0.6) is 0 Å². The van der Waals surface area contributed by atoms with Gasteiger partial charge in [-0.1, -0.05) is 0 Å². The van der Waals surface area contributed by atoms with Gasteiger partial charge in [0, 0.05) is 26.2 Å². The number of amides is 1. The highest BCUT2D eigenvalue weighted by Crippen LogP contribution is 2.17. The average molecular weight is 226 g/mol. The monoisotopic (exact) mass is 226 g/mol. The molecule has 16 heavy (non-hydrogen) atoms. The van der Waals surface area contributed by atoms with Gasteiger partial charge in [0.05, 0.1) is 12.1 Å². The molecule has 4 nitrogen and oxygen atoms in total. The van der Waals surface area contributed by atoms with Crippen LogP contribution in [-0.2, 0) is 9.53 Å². The van der Waals surface area contributed by atoms with Gasteiger partial charge in [-0.2, -0.15) is 0 Å². The second-order valence-corrected chi connectivity index (χ2v) is 4.78. The minimum absolute atomic E-state index is 0.00326. The molecule has 2 saturated heterocycles. The van der Waals surface area contributed by atoms with Gasteiger partial charge in [0.1, 0.15) is 0 Å². The molecule has 1 amide bonds. The number of nitrogens with one attached hydrogen (secondary N) is 1. The summed E-state index contributed by atoms with van der Waals surface area (Å²) < 4.78 is 5.57. The topological polar surface area (TPSA) is 41.6 Å². The third kappa shape index (κ3) is 2.95. The molecule has 2 fully saturated rings. The van der Waals surface area contributed by atoms with E-state index in [2.05, 4.69) is 5.32 Å². The third-order valence-corrected chi connectivity index (χ3v) is 3.49. The highest BCUT2D eigenvalue weighted by atomic mass is 16.5. The number of carbonyl (C=O) groups excluding carboxylic acids is 1. The van der Waals surface area contributed by atoms with Crippen molar-refractivity contribution in [3.05, 3.63) is 0 Å². The molecule has 0 aromatic rings. The molecule has 2 atom stereocenters. The van der Waals surface area contributed by atoms with Crippen LogP contribution in [-0.4, -0.2) is 49.2 Å². The quantitative estimate of drug-likeness (QED) is 0.769. The number of carbonyl (C=O) groups is 1. The summed E-state index contributed by atoms with van der Waals surface area (Å²) in [5, 5.41) is 3.18. The molecule has 2 unspecified atom stereocenters. The molecule has 2 heterocycles. The fourth-order valence-corrected chi connectivity index (χ4v) is 2.49. The van der Waals surface area contributed by atoms with E-state index >= 15 is 0 Å². The van der Waals surface area contributed by atoms with Crippen LogP contribution >= 0.6 is 0 Å². The zero-order chi connectivity index (χ0) is 11.4. The number of nitrogens with zero attached hydrogens (tertiary/aromatic N) is 1. The van der Waals surface area contributed by atoms with E-state index in [0.717, 1.165) is 39.1 Å². The number of rotatable bonds is 4. The van der Waals surface area contributed by atoms with Crippen molar-refractivity contribution < 1.29 is 9.53 Å². The molecule has 2 aliphatic heterocycles. The van der Waals surface area contributed by atoms with Gasteiger partial charge >= 0.3 is 0 Å². The number of piperazine rings is 1. The van der Waals surface area contributed by atoms with E-state index in [1.165, 1.54) is 12.8 Å². The molecule has 0 radical (unpaired) electrons. The normalized spacial score (nSPS) is 31.1. The molecule has 0 aliphatic carbocycles. The lowest BCUT2D eigenvalue weighted by molar-refractivity contribution is -0.135. The van der Waals surface area contributed by atoms with Crippen molar-refractivity contribution >= 4 is 5.91 Å². The molecule has 2 rings (SSSR count). The zero-order valence-electron chi connectivity index (χ0n) is 10.1. The summed E-state index contributed by atoms with van der Waals surface area (Å²) >= 11 is 0. The van der Waals surface area contributed by atoms with E-state index in [1.807, 2.05) is 11.8 Å². The molecule has 0 aromatic carbocycles. The molecule has 2 aliphatic rings. The zero-order valence-corrected chi connectivity index (χ0v) is 10.1. The van der Waals surface area contributed by atoms with Crippen molar-refractivity contribution in [2.45, 2.75) is 44.8 Å². The smallest absolute Gasteiger partial charge is 0.239 e. The Bertz CT molecular complexity index is 239. The van der Waals surface area contributed by atoms with Gasteiger partial charge in [-0.05, 0) is 32.6 Å². The maximum absolute atomic E-state index is 11.8. The predicted octanol–water partition coefficient (Wildman–Crippen LogP) is 0.766. The Labute approximate surface area is 97.3 Å². The molecular formula is C12H22N2O2. The van der Waals surface area contributed by atoms with Crippen molar-refractivity contribution in [1.29, 1.82) is 0 Å². The lowest BCUT2D eigenvalue weighted by atomic mass is 10.1. The second-order valence-electron chi connectivity index (χ2n) is 4.78. The summed E-state index contributed by atoms with van der Waals surface area (Å²) in [6.07, 6.45) is 5.03. The van der Waals surface area contributed by atoms with Crippen molar-refractivity contribution in [3.63, 3.8) is 0 Å². The summed E-state index contributed by atoms with van der Waals surface area (Å²) in [5.74, 6) is 0.249. The highest BCUT2D eigenvalue weighted by Gasteiger charge is 2.24. The Balaban J connectivity index is 1.66. The summed E-state index contributed by atoms with van der Waals surface area (Å²) in [4.78, 5) is 13.8. The molecule has 0 bridgehead atoms. The molecule has 92 valence electrons. The van der Waals surface area contributed by atoms with Gasteiger partial charge < -0.3 is 15.0 Å². The van der Waals surface area contributed by atoms with Crippen LogP contribution < -0.4 is 5.32 Å². The van der Waals surface area contributed by atoms with Crippen LogP contribution in [0.25, 0.3) is 0 Å².